The number of hydrogen-bond acceptors (Lipinski definition) is 5. The van der Waals surface area contributed by atoms with Crippen LogP contribution in [0.15, 0.2) is 30.3 Å². The Morgan fingerprint density at radius 2 is 2.00 bits per heavy atom. The lowest BCUT2D eigenvalue weighted by molar-refractivity contribution is -0.132. The summed E-state index contributed by atoms with van der Waals surface area (Å²) >= 11 is 7.13. The number of hydrogen-bond donors (Lipinski definition) is 0. The van der Waals surface area contributed by atoms with Crippen LogP contribution in [0.1, 0.15) is 47.0 Å². The Balaban J connectivity index is 1.68. The van der Waals surface area contributed by atoms with Crippen molar-refractivity contribution in [1.82, 2.24) is 4.90 Å². The zero-order valence-electron chi connectivity index (χ0n) is 15.4. The summed E-state index contributed by atoms with van der Waals surface area (Å²) in [5.41, 5.74) is 0.973. The second kappa shape index (κ2) is 8.76. The Morgan fingerprint density at radius 3 is 2.67 bits per heavy atom. The van der Waals surface area contributed by atoms with Crippen molar-refractivity contribution < 1.29 is 19.1 Å². The molecule has 0 bridgehead atoms. The van der Waals surface area contributed by atoms with Crippen molar-refractivity contribution in [3.63, 3.8) is 0 Å². The van der Waals surface area contributed by atoms with Gasteiger partial charge in [-0.15, -0.1) is 11.3 Å². The predicted molar refractivity (Wildman–Crippen MR) is 106 cm³/mol. The summed E-state index contributed by atoms with van der Waals surface area (Å²) in [6.07, 6.45) is 2.20. The van der Waals surface area contributed by atoms with E-state index in [0.717, 1.165) is 18.4 Å². The van der Waals surface area contributed by atoms with Crippen LogP contribution in [-0.2, 0) is 4.79 Å². The second-order valence-corrected chi connectivity index (χ2v) is 8.10. The van der Waals surface area contributed by atoms with Crippen molar-refractivity contribution in [2.75, 3.05) is 20.8 Å². The largest absolute Gasteiger partial charge is 0.497 e. The van der Waals surface area contributed by atoms with Gasteiger partial charge in [0.25, 0.3) is 0 Å². The highest BCUT2D eigenvalue weighted by molar-refractivity contribution is 7.18. The monoisotopic (exact) mass is 407 g/mol. The lowest BCUT2D eigenvalue weighted by Crippen LogP contribution is -2.31. The molecular formula is C20H22ClNO4S. The standard InChI is InChI=1S/C20H22ClNO4S/c1-25-13-5-6-14(17(12-13)26-2)15-4-3-11-22(15)20(24)10-7-16(23)18-8-9-19(21)27-18/h5-6,8-9,12,15H,3-4,7,10-11H2,1-2H3. The molecule has 1 aromatic carbocycles. The van der Waals surface area contributed by atoms with E-state index < -0.39 is 0 Å². The first-order chi connectivity index (χ1) is 13.0. The predicted octanol–water partition coefficient (Wildman–Crippen LogP) is 4.75. The van der Waals surface area contributed by atoms with Crippen LogP contribution in [0.4, 0.5) is 0 Å². The van der Waals surface area contributed by atoms with Gasteiger partial charge in [0.1, 0.15) is 11.5 Å². The minimum absolute atomic E-state index is 0.00799. The number of benzene rings is 1. The van der Waals surface area contributed by atoms with Crippen molar-refractivity contribution in [3.8, 4) is 11.5 Å². The number of ether oxygens (including phenoxy) is 2. The Kier molecular flexibility index (Phi) is 6.39. The SMILES string of the molecule is COc1ccc(C2CCCN2C(=O)CCC(=O)c2ccc(Cl)s2)c(OC)c1. The van der Waals surface area contributed by atoms with Crippen LogP contribution in [0.2, 0.25) is 4.34 Å². The normalized spacial score (nSPS) is 16.4. The molecule has 1 amide bonds. The second-order valence-electron chi connectivity index (χ2n) is 6.38. The highest BCUT2D eigenvalue weighted by Crippen LogP contribution is 2.39. The minimum Gasteiger partial charge on any atom is -0.497 e. The first kappa shape index (κ1) is 19.7. The van der Waals surface area contributed by atoms with E-state index in [1.54, 1.807) is 26.4 Å². The average Bonchev–Trinajstić information content (AvgIpc) is 3.34. The fraction of sp³-hybridized carbons (Fsp3) is 0.400. The number of halogens is 1. The molecule has 7 heteroatoms. The number of thiophene rings is 1. The quantitative estimate of drug-likeness (QED) is 0.622. The summed E-state index contributed by atoms with van der Waals surface area (Å²) in [4.78, 5) is 27.5. The minimum atomic E-state index is -0.0435. The van der Waals surface area contributed by atoms with E-state index in [-0.39, 0.29) is 30.6 Å². The fourth-order valence-corrected chi connectivity index (χ4v) is 4.44. The molecule has 1 aliphatic heterocycles. The lowest BCUT2D eigenvalue weighted by Gasteiger charge is -2.26. The Hall–Kier alpha value is -2.05. The summed E-state index contributed by atoms with van der Waals surface area (Å²) in [7, 11) is 3.22. The Labute approximate surface area is 167 Å². The third-order valence-corrected chi connectivity index (χ3v) is 6.06. The summed E-state index contributed by atoms with van der Waals surface area (Å²) < 4.78 is 11.3. The maximum Gasteiger partial charge on any atom is 0.223 e. The molecule has 5 nitrogen and oxygen atoms in total. The number of amides is 1. The third-order valence-electron chi connectivity index (χ3n) is 4.79. The highest BCUT2D eigenvalue weighted by atomic mass is 35.5. The van der Waals surface area contributed by atoms with Crippen molar-refractivity contribution in [1.29, 1.82) is 0 Å². The van der Waals surface area contributed by atoms with Gasteiger partial charge in [-0.2, -0.15) is 0 Å². The molecule has 1 fully saturated rings. The molecule has 0 radical (unpaired) electrons. The first-order valence-corrected chi connectivity index (χ1v) is 10.0. The van der Waals surface area contributed by atoms with E-state index in [4.69, 9.17) is 21.1 Å². The van der Waals surface area contributed by atoms with Crippen LogP contribution < -0.4 is 9.47 Å². The van der Waals surface area contributed by atoms with Gasteiger partial charge in [-0.05, 0) is 37.1 Å². The summed E-state index contributed by atoms with van der Waals surface area (Å²) in [6.45, 7) is 0.692. The average molecular weight is 408 g/mol. The molecule has 3 rings (SSSR count). The van der Waals surface area contributed by atoms with E-state index >= 15 is 0 Å². The molecule has 1 aliphatic rings. The van der Waals surface area contributed by atoms with Gasteiger partial charge >= 0.3 is 0 Å². The Bertz CT molecular complexity index is 835. The molecule has 0 spiro atoms. The first-order valence-electron chi connectivity index (χ1n) is 8.83. The molecule has 0 N–H and O–H groups in total. The number of Topliss-reactive ketones (excluding diaryl/α,β-unsaturated/α-hetero) is 1. The van der Waals surface area contributed by atoms with E-state index in [9.17, 15) is 9.59 Å². The molecule has 2 aromatic rings. The molecule has 144 valence electrons. The van der Waals surface area contributed by atoms with Gasteiger partial charge in [0.2, 0.25) is 5.91 Å². The van der Waals surface area contributed by atoms with Gasteiger partial charge in [0.05, 0.1) is 29.5 Å². The topological polar surface area (TPSA) is 55.8 Å². The lowest BCUT2D eigenvalue weighted by atomic mass is 10.0. The van der Waals surface area contributed by atoms with Gasteiger partial charge in [0, 0.05) is 31.0 Å². The summed E-state index contributed by atoms with van der Waals surface area (Å²) in [5, 5.41) is 0. The molecule has 1 saturated heterocycles. The summed E-state index contributed by atoms with van der Waals surface area (Å²) in [5.74, 6) is 1.37. The molecule has 1 unspecified atom stereocenters. The van der Waals surface area contributed by atoms with Gasteiger partial charge < -0.3 is 14.4 Å². The van der Waals surface area contributed by atoms with Crippen LogP contribution >= 0.6 is 22.9 Å². The molecule has 27 heavy (non-hydrogen) atoms. The van der Waals surface area contributed by atoms with Crippen LogP contribution in [0, 0.1) is 0 Å². The zero-order valence-corrected chi connectivity index (χ0v) is 16.9. The fourth-order valence-electron chi connectivity index (χ4n) is 3.43. The molecule has 0 aliphatic carbocycles. The van der Waals surface area contributed by atoms with Crippen molar-refractivity contribution in [2.24, 2.45) is 0 Å². The third kappa shape index (κ3) is 4.45. The molecule has 2 heterocycles. The van der Waals surface area contributed by atoms with E-state index in [2.05, 4.69) is 0 Å². The van der Waals surface area contributed by atoms with Gasteiger partial charge in [-0.25, -0.2) is 0 Å². The molecule has 1 atom stereocenters. The van der Waals surface area contributed by atoms with E-state index in [1.807, 2.05) is 23.1 Å². The van der Waals surface area contributed by atoms with Gasteiger partial charge in [-0.1, -0.05) is 11.6 Å². The van der Waals surface area contributed by atoms with Crippen molar-refractivity contribution >= 4 is 34.6 Å². The van der Waals surface area contributed by atoms with E-state index in [0.29, 0.717) is 27.3 Å². The number of methoxy groups -OCH3 is 2. The van der Waals surface area contributed by atoms with Crippen molar-refractivity contribution in [3.05, 3.63) is 45.1 Å². The smallest absolute Gasteiger partial charge is 0.223 e. The van der Waals surface area contributed by atoms with Crippen LogP contribution in [0.25, 0.3) is 0 Å². The van der Waals surface area contributed by atoms with Crippen molar-refractivity contribution in [2.45, 2.75) is 31.7 Å². The number of carbonyl (C=O) groups excluding carboxylic acids is 2. The van der Waals surface area contributed by atoms with Crippen LogP contribution in [0.3, 0.4) is 0 Å². The van der Waals surface area contributed by atoms with Crippen LogP contribution in [-0.4, -0.2) is 37.4 Å². The van der Waals surface area contributed by atoms with Gasteiger partial charge in [-0.3, -0.25) is 9.59 Å². The number of carbonyl (C=O) groups is 2. The number of ketones is 1. The molecular weight excluding hydrogens is 386 g/mol. The maximum atomic E-state index is 12.8. The number of rotatable bonds is 7. The highest BCUT2D eigenvalue weighted by Gasteiger charge is 2.32. The molecule has 0 saturated carbocycles. The maximum absolute atomic E-state index is 12.8. The van der Waals surface area contributed by atoms with E-state index in [1.165, 1.54) is 11.3 Å². The number of likely N-dealkylation sites (tertiary alicyclic amines) is 1. The zero-order chi connectivity index (χ0) is 19.4. The van der Waals surface area contributed by atoms with Crippen LogP contribution in [0.5, 0.6) is 11.5 Å². The Morgan fingerprint density at radius 1 is 1.19 bits per heavy atom. The van der Waals surface area contributed by atoms with Gasteiger partial charge in [0.15, 0.2) is 5.78 Å². The number of nitrogens with zero attached hydrogens (tertiary/aromatic N) is 1. The summed E-state index contributed by atoms with van der Waals surface area (Å²) in [6, 6.07) is 9.04. The molecule has 1 aromatic heterocycles.